The molecule has 2 aromatic rings. The van der Waals surface area contributed by atoms with Gasteiger partial charge < -0.3 is 14.8 Å². The molecular formula is C13H19N5O2S. The molecule has 0 bridgehead atoms. The van der Waals surface area contributed by atoms with E-state index >= 15 is 0 Å². The van der Waals surface area contributed by atoms with Crippen LogP contribution in [0.15, 0.2) is 0 Å². The van der Waals surface area contributed by atoms with E-state index in [0.29, 0.717) is 5.92 Å². The van der Waals surface area contributed by atoms with E-state index in [2.05, 4.69) is 15.5 Å². The van der Waals surface area contributed by atoms with Gasteiger partial charge in [0, 0.05) is 32.8 Å². The van der Waals surface area contributed by atoms with E-state index in [4.69, 9.17) is 14.6 Å². The average molecular weight is 309 g/mol. The molecule has 2 aliphatic heterocycles. The summed E-state index contributed by atoms with van der Waals surface area (Å²) in [7, 11) is 1.76. The molecule has 114 valence electrons. The van der Waals surface area contributed by atoms with Gasteiger partial charge in [-0.25, -0.2) is 0 Å². The summed E-state index contributed by atoms with van der Waals surface area (Å²) in [5, 5.41) is 17.9. The minimum Gasteiger partial charge on any atom is -0.381 e. The molecule has 0 saturated carbocycles. The van der Waals surface area contributed by atoms with E-state index in [-0.39, 0.29) is 12.1 Å². The summed E-state index contributed by atoms with van der Waals surface area (Å²) < 4.78 is 12.8. The molecule has 2 aromatic heterocycles. The summed E-state index contributed by atoms with van der Waals surface area (Å²) in [4.78, 5) is 0.883. The van der Waals surface area contributed by atoms with Crippen molar-refractivity contribution < 1.29 is 9.47 Å². The molecule has 2 fully saturated rings. The first-order valence-corrected chi connectivity index (χ1v) is 8.22. The van der Waals surface area contributed by atoms with Gasteiger partial charge in [-0.15, -0.1) is 10.2 Å². The lowest BCUT2D eigenvalue weighted by molar-refractivity contribution is 0.0831. The predicted octanol–water partition coefficient (Wildman–Crippen LogP) is 1.13. The van der Waals surface area contributed by atoms with Crippen LogP contribution >= 0.6 is 11.3 Å². The van der Waals surface area contributed by atoms with Gasteiger partial charge in [0.25, 0.3) is 0 Å². The number of aromatic nitrogens is 4. The molecule has 0 aliphatic carbocycles. The first-order valence-electron chi connectivity index (χ1n) is 7.41. The number of ether oxygens (including phenoxy) is 2. The topological polar surface area (TPSA) is 73.6 Å². The van der Waals surface area contributed by atoms with Crippen molar-refractivity contribution in [2.24, 2.45) is 0 Å². The minimum atomic E-state index is 0.268. The molecular weight excluding hydrogens is 290 g/mol. The Labute approximate surface area is 126 Å². The summed E-state index contributed by atoms with van der Waals surface area (Å²) in [5.74, 6) is 1.39. The fraction of sp³-hybridized carbons (Fsp3) is 0.769. The van der Waals surface area contributed by atoms with Crippen LogP contribution in [0.3, 0.4) is 0 Å². The average Bonchev–Trinajstić information content (AvgIpc) is 3.22. The van der Waals surface area contributed by atoms with E-state index in [1.54, 1.807) is 18.4 Å². The van der Waals surface area contributed by atoms with Gasteiger partial charge in [-0.2, -0.15) is 9.61 Å². The second kappa shape index (κ2) is 5.60. The number of methoxy groups -OCH3 is 1. The predicted molar refractivity (Wildman–Crippen MR) is 77.6 cm³/mol. The Balaban J connectivity index is 1.60. The molecule has 4 heterocycles. The van der Waals surface area contributed by atoms with Crippen LogP contribution in [0.25, 0.3) is 4.96 Å². The third-order valence-electron chi connectivity index (χ3n) is 4.34. The van der Waals surface area contributed by atoms with Crippen molar-refractivity contribution in [3.63, 3.8) is 0 Å². The summed E-state index contributed by atoms with van der Waals surface area (Å²) >= 11 is 1.62. The second-order valence-corrected chi connectivity index (χ2v) is 6.62. The highest BCUT2D eigenvalue weighted by molar-refractivity contribution is 7.16. The number of nitrogens with one attached hydrogen (secondary N) is 1. The van der Waals surface area contributed by atoms with Crippen LogP contribution in [0.2, 0.25) is 0 Å². The Morgan fingerprint density at radius 2 is 2.19 bits per heavy atom. The first kappa shape index (κ1) is 13.6. The molecule has 0 aromatic carbocycles. The van der Waals surface area contributed by atoms with Crippen LogP contribution in [0, 0.1) is 0 Å². The molecule has 2 saturated heterocycles. The number of nitrogens with zero attached hydrogens (tertiary/aromatic N) is 4. The Morgan fingerprint density at radius 3 is 2.95 bits per heavy atom. The van der Waals surface area contributed by atoms with Gasteiger partial charge in [0.05, 0.1) is 12.1 Å². The van der Waals surface area contributed by atoms with E-state index in [1.165, 1.54) is 0 Å². The minimum absolute atomic E-state index is 0.268. The quantitative estimate of drug-likeness (QED) is 0.916. The van der Waals surface area contributed by atoms with Crippen LogP contribution in [0.4, 0.5) is 0 Å². The Hall–Kier alpha value is -1.09. The lowest BCUT2D eigenvalue weighted by Gasteiger charge is -2.19. The fourth-order valence-corrected chi connectivity index (χ4v) is 4.00. The first-order chi connectivity index (χ1) is 10.3. The van der Waals surface area contributed by atoms with Crippen LogP contribution in [0.5, 0.6) is 0 Å². The smallest absolute Gasteiger partial charge is 0.234 e. The SMILES string of the molecule is COC1CNC(c2nn3c(C4CCOCC4)nnc3s2)C1. The highest BCUT2D eigenvalue weighted by Gasteiger charge is 2.29. The third-order valence-corrected chi connectivity index (χ3v) is 5.35. The highest BCUT2D eigenvalue weighted by atomic mass is 32.1. The molecule has 8 heteroatoms. The molecule has 1 N–H and O–H groups in total. The van der Waals surface area contributed by atoms with Crippen LogP contribution in [-0.4, -0.2) is 52.8 Å². The fourth-order valence-electron chi connectivity index (χ4n) is 3.07. The van der Waals surface area contributed by atoms with E-state index in [0.717, 1.165) is 54.8 Å². The van der Waals surface area contributed by atoms with Gasteiger partial charge in [0.15, 0.2) is 5.82 Å². The number of hydrogen-bond donors (Lipinski definition) is 1. The molecule has 0 spiro atoms. The van der Waals surface area contributed by atoms with Crippen molar-refractivity contribution in [3.8, 4) is 0 Å². The lowest BCUT2D eigenvalue weighted by Crippen LogP contribution is -2.17. The maximum absolute atomic E-state index is 5.42. The van der Waals surface area contributed by atoms with Crippen LogP contribution in [-0.2, 0) is 9.47 Å². The molecule has 0 amide bonds. The molecule has 0 radical (unpaired) electrons. The lowest BCUT2D eigenvalue weighted by atomic mass is 10.00. The zero-order chi connectivity index (χ0) is 14.2. The Kier molecular flexibility index (Phi) is 3.62. The van der Waals surface area contributed by atoms with Crippen LogP contribution < -0.4 is 5.32 Å². The number of hydrogen-bond acceptors (Lipinski definition) is 7. The highest BCUT2D eigenvalue weighted by Crippen LogP contribution is 2.31. The van der Waals surface area contributed by atoms with Gasteiger partial charge in [-0.1, -0.05) is 11.3 Å². The summed E-state index contributed by atoms with van der Waals surface area (Å²) in [6, 6.07) is 0.268. The van der Waals surface area contributed by atoms with Gasteiger partial charge in [0.1, 0.15) is 5.01 Å². The molecule has 21 heavy (non-hydrogen) atoms. The zero-order valence-corrected chi connectivity index (χ0v) is 12.8. The molecule has 2 aliphatic rings. The van der Waals surface area contributed by atoms with E-state index < -0.39 is 0 Å². The molecule has 4 rings (SSSR count). The zero-order valence-electron chi connectivity index (χ0n) is 12.0. The number of fused-ring (bicyclic) bond motifs is 1. The second-order valence-electron chi connectivity index (χ2n) is 5.63. The van der Waals surface area contributed by atoms with Gasteiger partial charge >= 0.3 is 0 Å². The maximum Gasteiger partial charge on any atom is 0.234 e. The largest absolute Gasteiger partial charge is 0.381 e. The van der Waals surface area contributed by atoms with Gasteiger partial charge in [-0.05, 0) is 19.3 Å². The monoisotopic (exact) mass is 309 g/mol. The van der Waals surface area contributed by atoms with Crippen molar-refractivity contribution in [3.05, 3.63) is 10.8 Å². The van der Waals surface area contributed by atoms with Crippen LogP contribution in [0.1, 0.15) is 42.1 Å². The van der Waals surface area contributed by atoms with Gasteiger partial charge in [0.2, 0.25) is 4.96 Å². The van der Waals surface area contributed by atoms with E-state index in [9.17, 15) is 0 Å². The van der Waals surface area contributed by atoms with Crippen molar-refractivity contribution in [2.45, 2.75) is 37.3 Å². The molecule has 2 unspecified atom stereocenters. The van der Waals surface area contributed by atoms with E-state index in [1.807, 2.05) is 4.52 Å². The van der Waals surface area contributed by atoms with Crippen molar-refractivity contribution in [2.75, 3.05) is 26.9 Å². The molecule has 2 atom stereocenters. The summed E-state index contributed by atoms with van der Waals surface area (Å²) in [6.07, 6.45) is 3.24. The molecule has 7 nitrogen and oxygen atoms in total. The third kappa shape index (κ3) is 2.46. The van der Waals surface area contributed by atoms with Crippen molar-refractivity contribution >= 4 is 16.3 Å². The number of rotatable bonds is 3. The summed E-state index contributed by atoms with van der Waals surface area (Å²) in [6.45, 7) is 2.49. The van der Waals surface area contributed by atoms with Crippen molar-refractivity contribution in [1.29, 1.82) is 0 Å². The maximum atomic E-state index is 5.42. The Bertz CT molecular complexity index is 621. The van der Waals surface area contributed by atoms with Crippen molar-refractivity contribution in [1.82, 2.24) is 25.1 Å². The Morgan fingerprint density at radius 1 is 1.33 bits per heavy atom. The normalized spacial score (nSPS) is 27.7. The standard InChI is InChI=1S/C13H19N5O2S/c1-19-9-6-10(14-7-9)12-17-18-11(15-16-13(18)21-12)8-2-4-20-5-3-8/h8-10,14H,2-7H2,1H3. The summed E-state index contributed by atoms with van der Waals surface area (Å²) in [5.41, 5.74) is 0. The van der Waals surface area contributed by atoms with Gasteiger partial charge in [-0.3, -0.25) is 0 Å².